The Morgan fingerprint density at radius 1 is 1.10 bits per heavy atom. The second kappa shape index (κ2) is 6.95. The predicted molar refractivity (Wildman–Crippen MR) is 101 cm³/mol. The van der Waals surface area contributed by atoms with E-state index in [0.29, 0.717) is 0 Å². The summed E-state index contributed by atoms with van der Waals surface area (Å²) in [5.74, 6) is -5.30. The third-order valence-electron chi connectivity index (χ3n) is 4.17. The van der Waals surface area contributed by atoms with Crippen LogP contribution < -0.4 is 11.2 Å². The number of hydrazone groups is 1. The summed E-state index contributed by atoms with van der Waals surface area (Å²) in [5.41, 5.74) is 3.99. The molecular formula is C17H11N5O7S. The van der Waals surface area contributed by atoms with Gasteiger partial charge in [0.25, 0.3) is 0 Å². The van der Waals surface area contributed by atoms with E-state index >= 15 is 0 Å². The van der Waals surface area contributed by atoms with Crippen molar-refractivity contribution >= 4 is 38.9 Å². The normalized spacial score (nSPS) is 13.3. The van der Waals surface area contributed by atoms with Crippen LogP contribution in [0.15, 0.2) is 34.3 Å². The highest BCUT2D eigenvalue weighted by molar-refractivity contribution is 7.86. The number of nitrogens with zero attached hydrogens (tertiary/aromatic N) is 2. The number of nitrogens with one attached hydrogen (secondary N) is 2. The minimum Gasteiger partial charge on any atom is -0.506 e. The van der Waals surface area contributed by atoms with Crippen LogP contribution in [0.25, 0.3) is 0 Å². The number of benzene rings is 2. The molecule has 0 aromatic heterocycles. The van der Waals surface area contributed by atoms with Gasteiger partial charge in [-0.25, -0.2) is 0 Å². The molecule has 0 unspecified atom stereocenters. The average molecular weight is 429 g/mol. The van der Waals surface area contributed by atoms with Gasteiger partial charge in [-0.2, -0.15) is 18.8 Å². The molecule has 0 saturated heterocycles. The van der Waals surface area contributed by atoms with Gasteiger partial charge in [0.1, 0.15) is 11.8 Å². The molecule has 12 nitrogen and oxygen atoms in total. The van der Waals surface area contributed by atoms with E-state index in [9.17, 15) is 32.8 Å². The molecular weight excluding hydrogens is 418 g/mol. The molecule has 7 N–H and O–H groups in total. The van der Waals surface area contributed by atoms with Crippen molar-refractivity contribution in [1.29, 1.82) is 10.7 Å². The molecule has 0 heterocycles. The van der Waals surface area contributed by atoms with E-state index in [4.69, 9.17) is 16.4 Å². The Bertz CT molecular complexity index is 1340. The van der Waals surface area contributed by atoms with Crippen molar-refractivity contribution in [2.75, 3.05) is 5.43 Å². The number of hydrogen-bond acceptors (Lipinski definition) is 10. The van der Waals surface area contributed by atoms with Crippen molar-refractivity contribution in [3.05, 3.63) is 46.5 Å². The highest BCUT2D eigenvalue weighted by Crippen LogP contribution is 2.47. The minimum atomic E-state index is -5.28. The molecule has 3 rings (SSSR count). The quantitative estimate of drug-likeness (QED) is 0.0832. The van der Waals surface area contributed by atoms with Crippen LogP contribution in [-0.4, -0.2) is 46.3 Å². The van der Waals surface area contributed by atoms with E-state index in [0.717, 1.165) is 0 Å². The molecule has 1 aliphatic rings. The van der Waals surface area contributed by atoms with Crippen molar-refractivity contribution in [2.24, 2.45) is 10.8 Å². The number of amidine groups is 1. The lowest BCUT2D eigenvalue weighted by Gasteiger charge is -2.23. The Labute approximate surface area is 168 Å². The molecule has 0 spiro atoms. The highest BCUT2D eigenvalue weighted by Gasteiger charge is 2.40. The van der Waals surface area contributed by atoms with E-state index in [1.165, 1.54) is 30.3 Å². The number of ketones is 2. The van der Waals surface area contributed by atoms with Crippen LogP contribution in [0, 0.1) is 16.7 Å². The number of carbonyl (C=O) groups is 2. The second-order valence-electron chi connectivity index (χ2n) is 5.93. The molecule has 0 fully saturated rings. The van der Waals surface area contributed by atoms with Crippen LogP contribution in [0.3, 0.4) is 0 Å². The summed E-state index contributed by atoms with van der Waals surface area (Å²) in [6, 6.07) is 6.91. The van der Waals surface area contributed by atoms with Crippen LogP contribution in [0.4, 0.5) is 5.69 Å². The SMILES string of the molecule is N#C/C(=N\Nc1c(O)c(S(=O)(=O)O)c(O)c2c1C(=O)c1ccccc1C2=O)C(=N)N. The van der Waals surface area contributed by atoms with Gasteiger partial charge in [0.2, 0.25) is 5.71 Å². The number of fused-ring (bicyclic) bond motifs is 2. The molecule has 152 valence electrons. The Morgan fingerprint density at radius 3 is 2.10 bits per heavy atom. The van der Waals surface area contributed by atoms with Crippen molar-refractivity contribution in [2.45, 2.75) is 4.90 Å². The van der Waals surface area contributed by atoms with Crippen LogP contribution in [-0.2, 0) is 10.1 Å². The maximum Gasteiger partial charge on any atom is 0.302 e. The number of rotatable bonds is 4. The molecule has 0 radical (unpaired) electrons. The van der Waals surface area contributed by atoms with Crippen LogP contribution in [0.2, 0.25) is 0 Å². The third-order valence-corrected chi connectivity index (χ3v) is 5.08. The van der Waals surface area contributed by atoms with E-state index < -0.39 is 66.4 Å². The zero-order valence-corrected chi connectivity index (χ0v) is 15.5. The monoisotopic (exact) mass is 429 g/mol. The summed E-state index contributed by atoms with van der Waals surface area (Å²) >= 11 is 0. The van der Waals surface area contributed by atoms with E-state index in [1.807, 2.05) is 5.43 Å². The van der Waals surface area contributed by atoms with Gasteiger partial charge in [-0.1, -0.05) is 24.3 Å². The molecule has 0 aliphatic heterocycles. The summed E-state index contributed by atoms with van der Waals surface area (Å²) in [6.07, 6.45) is 0. The Kier molecular flexibility index (Phi) is 4.74. The topological polar surface area (TPSA) is 227 Å². The first-order valence-electron chi connectivity index (χ1n) is 7.86. The molecule has 13 heteroatoms. The van der Waals surface area contributed by atoms with E-state index in [1.54, 1.807) is 0 Å². The van der Waals surface area contributed by atoms with E-state index in [2.05, 4.69) is 5.10 Å². The van der Waals surface area contributed by atoms with Gasteiger partial charge in [-0.3, -0.25) is 25.0 Å². The Balaban J connectivity index is 2.43. The number of nitriles is 1. The standard InChI is InChI=1S/C17H11N5O7S/c18-5-8(17(19)20)21-22-11-9-10(14(25)16(15(11)26)30(27,28)29)13(24)7-4-2-1-3-6(7)12(9)23/h1-4,22,25-26H,(H3,19,20)(H,27,28,29)/b21-8+. The van der Waals surface area contributed by atoms with Crippen LogP contribution >= 0.6 is 0 Å². The van der Waals surface area contributed by atoms with Gasteiger partial charge in [0.15, 0.2) is 33.8 Å². The van der Waals surface area contributed by atoms with Gasteiger partial charge in [0.05, 0.1) is 11.1 Å². The maximum absolute atomic E-state index is 13.0. The molecule has 0 bridgehead atoms. The minimum absolute atomic E-state index is 0.104. The lowest BCUT2D eigenvalue weighted by Crippen LogP contribution is -2.25. The van der Waals surface area contributed by atoms with Gasteiger partial charge < -0.3 is 15.9 Å². The largest absolute Gasteiger partial charge is 0.506 e. The number of phenols is 2. The van der Waals surface area contributed by atoms with Gasteiger partial charge >= 0.3 is 10.1 Å². The highest BCUT2D eigenvalue weighted by atomic mass is 32.2. The second-order valence-corrected chi connectivity index (χ2v) is 7.29. The van der Waals surface area contributed by atoms with E-state index in [-0.39, 0.29) is 11.1 Å². The maximum atomic E-state index is 13.0. The molecule has 2 aromatic carbocycles. The summed E-state index contributed by atoms with van der Waals surface area (Å²) in [5, 5.41) is 40.3. The number of anilines is 1. The smallest absolute Gasteiger partial charge is 0.302 e. The first-order valence-corrected chi connectivity index (χ1v) is 9.30. The zero-order chi connectivity index (χ0) is 22.4. The first-order chi connectivity index (χ1) is 14.0. The number of phenolic OH excluding ortho intramolecular Hbond substituents is 2. The van der Waals surface area contributed by atoms with Crippen molar-refractivity contribution in [3.63, 3.8) is 0 Å². The molecule has 30 heavy (non-hydrogen) atoms. The Morgan fingerprint density at radius 2 is 1.63 bits per heavy atom. The third kappa shape index (κ3) is 3.02. The fraction of sp³-hybridized carbons (Fsp3) is 0. The first kappa shape index (κ1) is 20.5. The van der Waals surface area contributed by atoms with Crippen molar-refractivity contribution < 1.29 is 32.8 Å². The summed E-state index contributed by atoms with van der Waals surface area (Å²) in [4.78, 5) is 24.4. The molecule has 0 saturated carbocycles. The van der Waals surface area contributed by atoms with Crippen molar-refractivity contribution in [3.8, 4) is 17.6 Å². The number of carbonyl (C=O) groups excluding carboxylic acids is 2. The molecule has 2 aromatic rings. The summed E-state index contributed by atoms with van der Waals surface area (Å²) in [6.45, 7) is 0. The van der Waals surface area contributed by atoms with Gasteiger partial charge in [0, 0.05) is 11.1 Å². The summed E-state index contributed by atoms with van der Waals surface area (Å²) in [7, 11) is -5.28. The number of aromatic hydroxyl groups is 2. The predicted octanol–water partition coefficient (Wildman–Crippen LogP) is 0.347. The van der Waals surface area contributed by atoms with Crippen LogP contribution in [0.5, 0.6) is 11.5 Å². The zero-order valence-electron chi connectivity index (χ0n) is 14.7. The number of hydrogen-bond donors (Lipinski definition) is 6. The van der Waals surface area contributed by atoms with Crippen LogP contribution in [0.1, 0.15) is 31.8 Å². The lowest BCUT2D eigenvalue weighted by molar-refractivity contribution is 0.0976. The fourth-order valence-electron chi connectivity index (χ4n) is 2.91. The molecule has 0 amide bonds. The van der Waals surface area contributed by atoms with Crippen molar-refractivity contribution in [1.82, 2.24) is 0 Å². The fourth-order valence-corrected chi connectivity index (χ4v) is 3.60. The van der Waals surface area contributed by atoms with Gasteiger partial charge in [-0.05, 0) is 0 Å². The summed E-state index contributed by atoms with van der Waals surface area (Å²) < 4.78 is 32.9. The Hall–Kier alpha value is -4.28. The van der Waals surface area contributed by atoms with Gasteiger partial charge in [-0.15, -0.1) is 0 Å². The average Bonchev–Trinajstić information content (AvgIpc) is 2.66. The number of nitrogens with two attached hydrogens (primary N) is 1. The lowest BCUT2D eigenvalue weighted by atomic mass is 9.82. The molecule has 0 atom stereocenters. The molecule has 1 aliphatic carbocycles.